The second-order valence-electron chi connectivity index (χ2n) is 4.17. The molecule has 0 aliphatic heterocycles. The fraction of sp³-hybridized carbons (Fsp3) is 0.900. The molecule has 0 radical (unpaired) electrons. The Kier molecular flexibility index (Phi) is 3.89. The molecule has 0 aromatic carbocycles. The van der Waals surface area contributed by atoms with E-state index in [0.717, 1.165) is 19.3 Å². The Morgan fingerprint density at radius 2 is 2.29 bits per heavy atom. The molecule has 0 aromatic rings. The van der Waals surface area contributed by atoms with Gasteiger partial charge in [0.2, 0.25) is 5.91 Å². The van der Waals surface area contributed by atoms with Crippen molar-refractivity contribution in [3.05, 3.63) is 0 Å². The molecule has 82 valence electrons. The first kappa shape index (κ1) is 11.5. The first-order valence-electron chi connectivity index (χ1n) is 5.14. The van der Waals surface area contributed by atoms with Crippen LogP contribution >= 0.6 is 0 Å². The summed E-state index contributed by atoms with van der Waals surface area (Å²) in [7, 11) is 1.63. The Morgan fingerprint density at radius 1 is 1.64 bits per heavy atom. The van der Waals surface area contributed by atoms with Crippen molar-refractivity contribution in [2.45, 2.75) is 32.2 Å². The molecule has 1 atom stereocenters. The lowest BCUT2D eigenvalue weighted by molar-refractivity contribution is -0.136. The third kappa shape index (κ3) is 2.25. The number of rotatable bonds is 5. The van der Waals surface area contributed by atoms with E-state index in [1.807, 2.05) is 6.92 Å². The highest BCUT2D eigenvalue weighted by atomic mass is 16.5. The van der Waals surface area contributed by atoms with Gasteiger partial charge in [-0.3, -0.25) is 4.79 Å². The van der Waals surface area contributed by atoms with Crippen LogP contribution in [0.4, 0.5) is 0 Å². The Balaban J connectivity index is 2.40. The van der Waals surface area contributed by atoms with Crippen LogP contribution in [0, 0.1) is 5.41 Å². The maximum absolute atomic E-state index is 11.8. The molecule has 1 amide bonds. The molecule has 1 aliphatic rings. The minimum Gasteiger partial charge on any atom is -0.383 e. The zero-order chi connectivity index (χ0) is 10.6. The number of ether oxygens (including phenoxy) is 1. The zero-order valence-electron chi connectivity index (χ0n) is 9.01. The normalized spacial score (nSPS) is 21.1. The molecular weight excluding hydrogens is 180 g/mol. The molecular formula is C10H20N2O2. The van der Waals surface area contributed by atoms with Gasteiger partial charge >= 0.3 is 0 Å². The van der Waals surface area contributed by atoms with Gasteiger partial charge in [-0.2, -0.15) is 0 Å². The van der Waals surface area contributed by atoms with E-state index in [9.17, 15) is 4.79 Å². The van der Waals surface area contributed by atoms with Gasteiger partial charge in [0.15, 0.2) is 0 Å². The van der Waals surface area contributed by atoms with Crippen LogP contribution in [0.25, 0.3) is 0 Å². The van der Waals surface area contributed by atoms with Crippen molar-refractivity contribution in [3.63, 3.8) is 0 Å². The Labute approximate surface area is 85.2 Å². The number of amides is 1. The summed E-state index contributed by atoms with van der Waals surface area (Å²) in [6.45, 7) is 2.94. The average molecular weight is 200 g/mol. The molecule has 14 heavy (non-hydrogen) atoms. The molecule has 0 saturated heterocycles. The summed E-state index contributed by atoms with van der Waals surface area (Å²) in [6, 6.07) is 0.0662. The third-order valence-corrected chi connectivity index (χ3v) is 2.98. The molecule has 1 saturated carbocycles. The molecule has 1 aliphatic carbocycles. The van der Waals surface area contributed by atoms with Gasteiger partial charge in [-0.25, -0.2) is 0 Å². The zero-order valence-corrected chi connectivity index (χ0v) is 9.01. The molecule has 0 spiro atoms. The molecule has 4 nitrogen and oxygen atoms in total. The molecule has 1 rings (SSSR count). The summed E-state index contributed by atoms with van der Waals surface area (Å²) in [6.07, 6.45) is 2.97. The van der Waals surface area contributed by atoms with E-state index < -0.39 is 0 Å². The van der Waals surface area contributed by atoms with E-state index in [1.54, 1.807) is 7.11 Å². The van der Waals surface area contributed by atoms with E-state index >= 15 is 0 Å². The van der Waals surface area contributed by atoms with Crippen molar-refractivity contribution >= 4 is 5.91 Å². The summed E-state index contributed by atoms with van der Waals surface area (Å²) < 4.78 is 4.96. The number of nitrogens with two attached hydrogens (primary N) is 1. The highest BCUT2D eigenvalue weighted by Crippen LogP contribution is 2.40. The van der Waals surface area contributed by atoms with Gasteiger partial charge in [0.1, 0.15) is 0 Å². The lowest BCUT2D eigenvalue weighted by Crippen LogP contribution is -2.53. The minimum absolute atomic E-state index is 0.0662. The third-order valence-electron chi connectivity index (χ3n) is 2.98. The van der Waals surface area contributed by atoms with Crippen molar-refractivity contribution in [1.29, 1.82) is 0 Å². The largest absolute Gasteiger partial charge is 0.383 e. The molecule has 0 aromatic heterocycles. The van der Waals surface area contributed by atoms with Gasteiger partial charge in [0.05, 0.1) is 12.0 Å². The van der Waals surface area contributed by atoms with Crippen molar-refractivity contribution in [2.75, 3.05) is 20.3 Å². The van der Waals surface area contributed by atoms with Crippen molar-refractivity contribution < 1.29 is 9.53 Å². The summed E-state index contributed by atoms with van der Waals surface area (Å²) in [5.41, 5.74) is 5.35. The lowest BCUT2D eigenvalue weighted by Gasteiger charge is -2.39. The summed E-state index contributed by atoms with van der Waals surface area (Å²) in [5, 5.41) is 2.93. The SMILES string of the molecule is COCC(C)NC(=O)C1(CN)CCC1. The lowest BCUT2D eigenvalue weighted by atomic mass is 9.68. The van der Waals surface area contributed by atoms with Gasteiger partial charge in [-0.15, -0.1) is 0 Å². The van der Waals surface area contributed by atoms with Crippen LogP contribution in [-0.2, 0) is 9.53 Å². The van der Waals surface area contributed by atoms with E-state index in [0.29, 0.717) is 13.2 Å². The molecule has 4 heteroatoms. The van der Waals surface area contributed by atoms with Crippen LogP contribution in [0.5, 0.6) is 0 Å². The Hall–Kier alpha value is -0.610. The predicted molar refractivity (Wildman–Crippen MR) is 54.8 cm³/mol. The number of hydrogen-bond acceptors (Lipinski definition) is 3. The quantitative estimate of drug-likeness (QED) is 0.669. The van der Waals surface area contributed by atoms with Crippen LogP contribution in [0.15, 0.2) is 0 Å². The van der Waals surface area contributed by atoms with E-state index in [1.165, 1.54) is 0 Å². The van der Waals surface area contributed by atoms with Crippen LogP contribution in [0.1, 0.15) is 26.2 Å². The second-order valence-corrected chi connectivity index (χ2v) is 4.17. The highest BCUT2D eigenvalue weighted by molar-refractivity contribution is 5.84. The van der Waals surface area contributed by atoms with E-state index in [2.05, 4.69) is 5.32 Å². The van der Waals surface area contributed by atoms with Crippen molar-refractivity contribution in [3.8, 4) is 0 Å². The van der Waals surface area contributed by atoms with Gasteiger partial charge < -0.3 is 15.8 Å². The standard InChI is InChI=1S/C10H20N2O2/c1-8(6-14-2)12-9(13)10(7-11)4-3-5-10/h8H,3-7,11H2,1-2H3,(H,12,13). The van der Waals surface area contributed by atoms with Crippen LogP contribution in [0.2, 0.25) is 0 Å². The molecule has 1 fully saturated rings. The first-order valence-corrected chi connectivity index (χ1v) is 5.14. The van der Waals surface area contributed by atoms with Crippen LogP contribution in [0.3, 0.4) is 0 Å². The summed E-state index contributed by atoms with van der Waals surface area (Å²) >= 11 is 0. The van der Waals surface area contributed by atoms with Gasteiger partial charge in [0.25, 0.3) is 0 Å². The van der Waals surface area contributed by atoms with E-state index in [4.69, 9.17) is 10.5 Å². The number of hydrogen-bond donors (Lipinski definition) is 2. The maximum Gasteiger partial charge on any atom is 0.227 e. The number of methoxy groups -OCH3 is 1. The molecule has 0 bridgehead atoms. The van der Waals surface area contributed by atoms with Gasteiger partial charge in [0, 0.05) is 19.7 Å². The highest BCUT2D eigenvalue weighted by Gasteiger charge is 2.42. The molecule has 0 heterocycles. The second kappa shape index (κ2) is 4.75. The van der Waals surface area contributed by atoms with Crippen LogP contribution < -0.4 is 11.1 Å². The minimum atomic E-state index is -0.276. The summed E-state index contributed by atoms with van der Waals surface area (Å²) in [4.78, 5) is 11.8. The van der Waals surface area contributed by atoms with Crippen molar-refractivity contribution in [1.82, 2.24) is 5.32 Å². The van der Waals surface area contributed by atoms with Crippen molar-refractivity contribution in [2.24, 2.45) is 11.1 Å². The van der Waals surface area contributed by atoms with Gasteiger partial charge in [-0.05, 0) is 19.8 Å². The predicted octanol–water partition coefficient (Wildman–Crippen LogP) is 0.267. The first-order chi connectivity index (χ1) is 6.64. The number of nitrogens with one attached hydrogen (secondary N) is 1. The maximum atomic E-state index is 11.8. The average Bonchev–Trinajstić information content (AvgIpc) is 2.03. The topological polar surface area (TPSA) is 64.3 Å². The molecule has 1 unspecified atom stereocenters. The fourth-order valence-electron chi connectivity index (χ4n) is 1.80. The number of carbonyl (C=O) groups is 1. The van der Waals surface area contributed by atoms with E-state index in [-0.39, 0.29) is 17.4 Å². The Morgan fingerprint density at radius 3 is 2.64 bits per heavy atom. The monoisotopic (exact) mass is 200 g/mol. The Bertz CT molecular complexity index is 197. The molecule has 3 N–H and O–H groups in total. The smallest absolute Gasteiger partial charge is 0.227 e. The number of carbonyl (C=O) groups excluding carboxylic acids is 1. The van der Waals surface area contributed by atoms with Crippen LogP contribution in [-0.4, -0.2) is 32.2 Å². The van der Waals surface area contributed by atoms with Gasteiger partial charge in [-0.1, -0.05) is 6.42 Å². The summed E-state index contributed by atoms with van der Waals surface area (Å²) in [5.74, 6) is 0.0933. The fourth-order valence-corrected chi connectivity index (χ4v) is 1.80.